The lowest BCUT2D eigenvalue weighted by Gasteiger charge is -2.15. The number of hydrogen-bond acceptors (Lipinski definition) is 4. The van der Waals surface area contributed by atoms with Crippen molar-refractivity contribution in [2.24, 2.45) is 0 Å². The lowest BCUT2D eigenvalue weighted by atomic mass is 9.92. The highest BCUT2D eigenvalue weighted by Gasteiger charge is 2.25. The fraction of sp³-hybridized carbons (Fsp3) is 0.133. The number of nitrogens with zero attached hydrogens (tertiary/aromatic N) is 4. The third-order valence-electron chi connectivity index (χ3n) is 9.10. The number of thiophene rings is 1. The van der Waals surface area contributed by atoms with Gasteiger partial charge in [-0.05, 0) is 42.8 Å². The molecule has 0 bridgehead atoms. The molecule has 0 saturated carbocycles. The lowest BCUT2D eigenvalue weighted by Crippen LogP contribution is -2.08. The van der Waals surface area contributed by atoms with E-state index in [1.807, 2.05) is 68.5 Å². The van der Waals surface area contributed by atoms with E-state index < -0.39 is 0 Å². The summed E-state index contributed by atoms with van der Waals surface area (Å²) >= 11 is 1.83. The zero-order valence-electron chi connectivity index (χ0n) is 29.2. The van der Waals surface area contributed by atoms with Crippen LogP contribution >= 0.6 is 11.3 Å². The van der Waals surface area contributed by atoms with Crippen LogP contribution < -0.4 is 0 Å². The van der Waals surface area contributed by atoms with Gasteiger partial charge in [-0.3, -0.25) is 4.57 Å². The van der Waals surface area contributed by atoms with Crippen LogP contribution in [-0.4, -0.2) is 19.5 Å². The molecule has 4 nitrogen and oxygen atoms in total. The van der Waals surface area contributed by atoms with Crippen molar-refractivity contribution < 1.29 is 0 Å². The van der Waals surface area contributed by atoms with E-state index in [0.717, 1.165) is 28.6 Å². The van der Waals surface area contributed by atoms with Crippen LogP contribution in [0.3, 0.4) is 0 Å². The zero-order valence-corrected chi connectivity index (χ0v) is 30.1. The van der Waals surface area contributed by atoms with Gasteiger partial charge in [-0.1, -0.05) is 149 Å². The Morgan fingerprint density at radius 1 is 0.760 bits per heavy atom. The van der Waals surface area contributed by atoms with E-state index in [2.05, 4.69) is 110 Å². The molecule has 0 radical (unpaired) electrons. The second-order valence-corrected chi connectivity index (χ2v) is 12.8. The van der Waals surface area contributed by atoms with E-state index in [0.29, 0.717) is 17.6 Å². The van der Waals surface area contributed by atoms with E-state index in [1.165, 1.54) is 52.8 Å². The van der Waals surface area contributed by atoms with Gasteiger partial charge in [-0.2, -0.15) is 9.97 Å². The first kappa shape index (κ1) is 32.9. The summed E-state index contributed by atoms with van der Waals surface area (Å²) in [7, 11) is 0. The predicted molar refractivity (Wildman–Crippen MR) is 218 cm³/mol. The third kappa shape index (κ3) is 5.35. The Bertz CT molecular complexity index is 2630. The second-order valence-electron chi connectivity index (χ2n) is 11.8. The van der Waals surface area contributed by atoms with Gasteiger partial charge in [0.15, 0.2) is 11.6 Å². The minimum Gasteiger partial charge on any atom is -0.276 e. The van der Waals surface area contributed by atoms with Crippen molar-refractivity contribution in [2.45, 2.75) is 41.0 Å². The highest BCUT2D eigenvalue weighted by Crippen LogP contribution is 2.46. The van der Waals surface area contributed by atoms with Gasteiger partial charge in [0.1, 0.15) is 0 Å². The van der Waals surface area contributed by atoms with Crippen LogP contribution in [0.2, 0.25) is 0 Å². The Labute approximate surface area is 297 Å². The molecule has 8 rings (SSSR count). The molecule has 0 amide bonds. The van der Waals surface area contributed by atoms with Gasteiger partial charge < -0.3 is 0 Å². The lowest BCUT2D eigenvalue weighted by molar-refractivity contribution is 0.935. The fourth-order valence-electron chi connectivity index (χ4n) is 7.04. The molecule has 0 N–H and O–H groups in total. The van der Waals surface area contributed by atoms with Crippen LogP contribution in [0.1, 0.15) is 51.6 Å². The van der Waals surface area contributed by atoms with Crippen molar-refractivity contribution in [3.05, 3.63) is 145 Å². The maximum atomic E-state index is 5.29. The number of aromatic nitrogens is 4. The van der Waals surface area contributed by atoms with E-state index in [-0.39, 0.29) is 0 Å². The molecule has 0 spiro atoms. The summed E-state index contributed by atoms with van der Waals surface area (Å²) in [5.74, 6) is 1.83. The Balaban J connectivity index is 0.00000193. The van der Waals surface area contributed by atoms with E-state index in [4.69, 9.17) is 15.0 Å². The maximum absolute atomic E-state index is 5.29. The molecule has 5 aromatic carbocycles. The number of benzene rings is 5. The normalized spacial score (nSPS) is 12.2. The van der Waals surface area contributed by atoms with E-state index in [9.17, 15) is 0 Å². The highest BCUT2D eigenvalue weighted by molar-refractivity contribution is 7.26. The number of rotatable bonds is 7. The molecule has 0 unspecified atom stereocenters. The summed E-state index contributed by atoms with van der Waals surface area (Å²) < 4.78 is 4.80. The zero-order chi connectivity index (χ0) is 34.8. The van der Waals surface area contributed by atoms with Crippen LogP contribution in [0.4, 0.5) is 0 Å². The second kappa shape index (κ2) is 14.1. The van der Waals surface area contributed by atoms with Crippen LogP contribution in [0.25, 0.3) is 81.7 Å². The van der Waals surface area contributed by atoms with Crippen LogP contribution in [0, 0.1) is 0 Å². The van der Waals surface area contributed by atoms with Gasteiger partial charge in [0.05, 0.1) is 15.7 Å². The van der Waals surface area contributed by atoms with Crippen LogP contribution in [0.15, 0.2) is 128 Å². The van der Waals surface area contributed by atoms with E-state index in [1.54, 1.807) is 6.08 Å². The van der Waals surface area contributed by atoms with E-state index >= 15 is 0 Å². The van der Waals surface area contributed by atoms with Crippen molar-refractivity contribution in [3.8, 4) is 17.3 Å². The Hall–Kier alpha value is -5.65. The minimum absolute atomic E-state index is 0.594. The van der Waals surface area contributed by atoms with Gasteiger partial charge in [0.25, 0.3) is 0 Å². The molecule has 0 aliphatic carbocycles. The molecule has 3 aromatic heterocycles. The summed E-state index contributed by atoms with van der Waals surface area (Å²) in [6.45, 7) is 14.3. The topological polar surface area (TPSA) is 43.6 Å². The molecule has 0 saturated heterocycles. The van der Waals surface area contributed by atoms with Gasteiger partial charge in [0.2, 0.25) is 5.95 Å². The molecule has 0 aliphatic rings. The standard InChI is InChI=1S/C43H34N4S.C2H6/c1-5-9-18-27(7-3)41-44-42(28-19-11-10-12-20-28)46-43(45-41)47-38-33-23-14-13-21-30(33)29(8-4)32(17-6-2)37(38)35-26-25-34-31-22-15-16-24-36(31)48-40(34)39(35)47;1-2/h5-7,9-26H,1,8H2,2-4H3;1-2H3/b17-6-,18-9-,27-7+;. The van der Waals surface area contributed by atoms with Crippen molar-refractivity contribution in [1.82, 2.24) is 19.5 Å². The first-order valence-electron chi connectivity index (χ1n) is 17.4. The number of aryl methyl sites for hydroxylation is 1. The molecule has 246 valence electrons. The summed E-state index contributed by atoms with van der Waals surface area (Å²) in [4.78, 5) is 15.6. The fourth-order valence-corrected chi connectivity index (χ4v) is 8.28. The van der Waals surface area contributed by atoms with Gasteiger partial charge >= 0.3 is 0 Å². The summed E-state index contributed by atoms with van der Waals surface area (Å²) in [5.41, 5.74) is 6.66. The molecular weight excluding hydrogens is 629 g/mol. The average Bonchev–Trinajstić information content (AvgIpc) is 3.73. The van der Waals surface area contributed by atoms with Crippen LogP contribution in [0.5, 0.6) is 0 Å². The maximum Gasteiger partial charge on any atom is 0.238 e. The molecular formula is C45H40N4S. The molecule has 8 aromatic rings. The third-order valence-corrected chi connectivity index (χ3v) is 10.3. The predicted octanol–water partition coefficient (Wildman–Crippen LogP) is 12.9. The van der Waals surface area contributed by atoms with Gasteiger partial charge in [-0.15, -0.1) is 11.3 Å². The first-order chi connectivity index (χ1) is 24.7. The molecule has 0 aliphatic heterocycles. The quantitative estimate of drug-likeness (QED) is 0.159. The Morgan fingerprint density at radius 2 is 1.46 bits per heavy atom. The highest BCUT2D eigenvalue weighted by atomic mass is 32.1. The average molecular weight is 669 g/mol. The van der Waals surface area contributed by atoms with Crippen molar-refractivity contribution in [1.29, 1.82) is 0 Å². The minimum atomic E-state index is 0.594. The SMILES string of the molecule is C=C/C=C\C(=C/C)c1nc(-c2ccccc2)nc(-n2c3c(ccc4c5ccccc5sc43)c3c(/C=C\C)c(CC)c4ccccc4c32)n1.CC. The molecule has 0 fully saturated rings. The van der Waals surface area contributed by atoms with Crippen molar-refractivity contribution >= 4 is 75.7 Å². The van der Waals surface area contributed by atoms with Gasteiger partial charge in [-0.25, -0.2) is 4.98 Å². The molecule has 50 heavy (non-hydrogen) atoms. The molecule has 3 heterocycles. The van der Waals surface area contributed by atoms with Crippen LogP contribution in [-0.2, 0) is 6.42 Å². The smallest absolute Gasteiger partial charge is 0.238 e. The van der Waals surface area contributed by atoms with Crippen molar-refractivity contribution in [3.63, 3.8) is 0 Å². The Morgan fingerprint density at radius 3 is 2.18 bits per heavy atom. The summed E-state index contributed by atoms with van der Waals surface area (Å²) in [6, 6.07) is 32.3. The summed E-state index contributed by atoms with van der Waals surface area (Å²) in [5, 5.41) is 7.34. The van der Waals surface area contributed by atoms with Crippen molar-refractivity contribution in [2.75, 3.05) is 0 Å². The largest absolute Gasteiger partial charge is 0.276 e. The summed E-state index contributed by atoms with van der Waals surface area (Å²) in [6.07, 6.45) is 13.1. The molecule has 0 atom stereocenters. The molecule has 5 heteroatoms. The van der Waals surface area contributed by atoms with Gasteiger partial charge in [0, 0.05) is 42.8 Å². The monoisotopic (exact) mass is 668 g/mol. The number of allylic oxidation sites excluding steroid dienone is 6. The number of hydrogen-bond donors (Lipinski definition) is 0. The first-order valence-corrected chi connectivity index (χ1v) is 18.2. The Kier molecular flexibility index (Phi) is 9.25. The number of fused-ring (bicyclic) bond motifs is 9.